The summed E-state index contributed by atoms with van der Waals surface area (Å²) in [5.41, 5.74) is 0.735. The van der Waals surface area contributed by atoms with Crippen LogP contribution in [-0.4, -0.2) is 47.9 Å². The van der Waals surface area contributed by atoms with Crippen molar-refractivity contribution in [2.75, 3.05) is 26.2 Å². The molecule has 0 saturated carbocycles. The Hall–Kier alpha value is -1.86. The van der Waals surface area contributed by atoms with E-state index < -0.39 is 0 Å². The SMILES string of the molecule is CC1CN(C(=O)c2ccccc2)CCN1CC#N. The van der Waals surface area contributed by atoms with Crippen LogP contribution in [0.1, 0.15) is 17.3 Å². The van der Waals surface area contributed by atoms with Crippen LogP contribution in [0.25, 0.3) is 0 Å². The Morgan fingerprint density at radius 1 is 1.39 bits per heavy atom. The van der Waals surface area contributed by atoms with Gasteiger partial charge in [-0.05, 0) is 19.1 Å². The molecule has 0 spiro atoms. The molecule has 4 nitrogen and oxygen atoms in total. The number of nitrogens with zero attached hydrogens (tertiary/aromatic N) is 3. The number of nitriles is 1. The summed E-state index contributed by atoms with van der Waals surface area (Å²) in [6, 6.07) is 11.8. The monoisotopic (exact) mass is 243 g/mol. The first-order chi connectivity index (χ1) is 8.72. The second-order valence-electron chi connectivity index (χ2n) is 4.59. The van der Waals surface area contributed by atoms with E-state index in [9.17, 15) is 4.79 Å². The van der Waals surface area contributed by atoms with Gasteiger partial charge in [0.15, 0.2) is 0 Å². The van der Waals surface area contributed by atoms with E-state index in [1.165, 1.54) is 0 Å². The fraction of sp³-hybridized carbons (Fsp3) is 0.429. The van der Waals surface area contributed by atoms with Gasteiger partial charge in [-0.15, -0.1) is 0 Å². The zero-order valence-electron chi connectivity index (χ0n) is 10.5. The highest BCUT2D eigenvalue weighted by Crippen LogP contribution is 2.12. The van der Waals surface area contributed by atoms with Crippen molar-refractivity contribution < 1.29 is 4.79 Å². The van der Waals surface area contributed by atoms with Gasteiger partial charge in [0.2, 0.25) is 0 Å². The van der Waals surface area contributed by atoms with Crippen LogP contribution in [0.4, 0.5) is 0 Å². The highest BCUT2D eigenvalue weighted by atomic mass is 16.2. The first-order valence-corrected chi connectivity index (χ1v) is 6.17. The van der Waals surface area contributed by atoms with Crippen molar-refractivity contribution in [2.24, 2.45) is 0 Å². The Kier molecular flexibility index (Phi) is 3.96. The molecule has 0 N–H and O–H groups in total. The standard InChI is InChI=1S/C14H17N3O/c1-12-11-17(10-9-16(12)8-7-15)14(18)13-5-3-2-4-6-13/h2-6,12H,8-11H2,1H3. The third-order valence-corrected chi connectivity index (χ3v) is 3.35. The summed E-state index contributed by atoms with van der Waals surface area (Å²) in [4.78, 5) is 16.2. The first kappa shape index (κ1) is 12.6. The zero-order chi connectivity index (χ0) is 13.0. The molecule has 1 aliphatic heterocycles. The van der Waals surface area contributed by atoms with Crippen LogP contribution in [0.5, 0.6) is 0 Å². The molecule has 0 bridgehead atoms. The normalized spacial score (nSPS) is 20.4. The van der Waals surface area contributed by atoms with Gasteiger partial charge in [0, 0.05) is 31.2 Å². The van der Waals surface area contributed by atoms with Crippen LogP contribution in [0.2, 0.25) is 0 Å². The van der Waals surface area contributed by atoms with E-state index >= 15 is 0 Å². The summed E-state index contributed by atoms with van der Waals surface area (Å²) >= 11 is 0. The quantitative estimate of drug-likeness (QED) is 0.737. The Morgan fingerprint density at radius 2 is 2.11 bits per heavy atom. The fourth-order valence-corrected chi connectivity index (χ4v) is 2.27. The molecule has 1 aliphatic rings. The second-order valence-corrected chi connectivity index (χ2v) is 4.59. The number of amides is 1. The summed E-state index contributed by atoms with van der Waals surface area (Å²) in [7, 11) is 0. The molecular formula is C14H17N3O. The van der Waals surface area contributed by atoms with Crippen molar-refractivity contribution in [3.8, 4) is 6.07 Å². The molecule has 0 radical (unpaired) electrons. The van der Waals surface area contributed by atoms with Crippen LogP contribution < -0.4 is 0 Å². The predicted molar refractivity (Wildman–Crippen MR) is 69.0 cm³/mol. The highest BCUT2D eigenvalue weighted by Gasteiger charge is 2.26. The largest absolute Gasteiger partial charge is 0.336 e. The van der Waals surface area contributed by atoms with Crippen LogP contribution in [0.15, 0.2) is 30.3 Å². The number of hydrogen-bond donors (Lipinski definition) is 0. The second kappa shape index (κ2) is 5.65. The maximum absolute atomic E-state index is 12.3. The summed E-state index contributed by atoms with van der Waals surface area (Å²) in [5.74, 6) is 0.0825. The summed E-state index contributed by atoms with van der Waals surface area (Å²) in [6.07, 6.45) is 0. The molecule has 1 saturated heterocycles. The van der Waals surface area contributed by atoms with E-state index in [0.29, 0.717) is 19.6 Å². The molecule has 94 valence electrons. The molecule has 18 heavy (non-hydrogen) atoms. The van der Waals surface area contributed by atoms with Crippen molar-refractivity contribution in [3.63, 3.8) is 0 Å². The van der Waals surface area contributed by atoms with Crippen molar-refractivity contribution >= 4 is 5.91 Å². The Morgan fingerprint density at radius 3 is 2.72 bits per heavy atom. The molecule has 1 aromatic carbocycles. The third kappa shape index (κ3) is 2.69. The molecule has 1 amide bonds. The average molecular weight is 243 g/mol. The number of carbonyl (C=O) groups is 1. The summed E-state index contributed by atoms with van der Waals surface area (Å²) in [5, 5.41) is 8.72. The highest BCUT2D eigenvalue weighted by molar-refractivity contribution is 5.94. The first-order valence-electron chi connectivity index (χ1n) is 6.17. The number of piperazine rings is 1. The number of carbonyl (C=O) groups excluding carboxylic acids is 1. The van der Waals surface area contributed by atoms with Gasteiger partial charge in [0.05, 0.1) is 12.6 Å². The number of hydrogen-bond acceptors (Lipinski definition) is 3. The minimum Gasteiger partial charge on any atom is -0.336 e. The van der Waals surface area contributed by atoms with Gasteiger partial charge >= 0.3 is 0 Å². The van der Waals surface area contributed by atoms with Crippen molar-refractivity contribution in [2.45, 2.75) is 13.0 Å². The molecule has 1 fully saturated rings. The van der Waals surface area contributed by atoms with E-state index in [0.717, 1.165) is 12.1 Å². The smallest absolute Gasteiger partial charge is 0.253 e. The minimum absolute atomic E-state index is 0.0825. The number of benzene rings is 1. The molecular weight excluding hydrogens is 226 g/mol. The van der Waals surface area contributed by atoms with Gasteiger partial charge in [-0.3, -0.25) is 9.69 Å². The van der Waals surface area contributed by atoms with E-state index in [1.54, 1.807) is 0 Å². The molecule has 1 aromatic rings. The summed E-state index contributed by atoms with van der Waals surface area (Å²) in [6.45, 7) is 4.65. The lowest BCUT2D eigenvalue weighted by molar-refractivity contribution is 0.0546. The lowest BCUT2D eigenvalue weighted by atomic mass is 10.1. The van der Waals surface area contributed by atoms with Crippen LogP contribution in [0, 0.1) is 11.3 Å². The Labute approximate surface area is 107 Å². The van der Waals surface area contributed by atoms with E-state index in [-0.39, 0.29) is 11.9 Å². The van der Waals surface area contributed by atoms with Crippen LogP contribution in [0.3, 0.4) is 0 Å². The molecule has 1 unspecified atom stereocenters. The molecule has 4 heteroatoms. The Bertz CT molecular complexity index is 452. The van der Waals surface area contributed by atoms with Gasteiger partial charge < -0.3 is 4.90 Å². The summed E-state index contributed by atoms with van der Waals surface area (Å²) < 4.78 is 0. The third-order valence-electron chi connectivity index (χ3n) is 3.35. The van der Waals surface area contributed by atoms with Gasteiger partial charge in [-0.25, -0.2) is 0 Å². The molecule has 1 atom stereocenters. The maximum atomic E-state index is 12.3. The fourth-order valence-electron chi connectivity index (χ4n) is 2.27. The van der Waals surface area contributed by atoms with Gasteiger partial charge in [0.1, 0.15) is 0 Å². The van der Waals surface area contributed by atoms with Gasteiger partial charge in [0.25, 0.3) is 5.91 Å². The van der Waals surface area contributed by atoms with E-state index in [2.05, 4.69) is 17.9 Å². The zero-order valence-corrected chi connectivity index (χ0v) is 10.5. The van der Waals surface area contributed by atoms with Crippen LogP contribution >= 0.6 is 0 Å². The average Bonchev–Trinajstić information content (AvgIpc) is 2.41. The minimum atomic E-state index is 0.0825. The predicted octanol–water partition coefficient (Wildman–Crippen LogP) is 1.36. The van der Waals surface area contributed by atoms with Gasteiger partial charge in [-0.2, -0.15) is 5.26 Å². The lowest BCUT2D eigenvalue weighted by Gasteiger charge is -2.38. The molecule has 0 aliphatic carbocycles. The van der Waals surface area contributed by atoms with Crippen molar-refractivity contribution in [3.05, 3.63) is 35.9 Å². The number of rotatable bonds is 2. The van der Waals surface area contributed by atoms with Gasteiger partial charge in [-0.1, -0.05) is 18.2 Å². The molecule has 1 heterocycles. The molecule has 2 rings (SSSR count). The maximum Gasteiger partial charge on any atom is 0.253 e. The molecule has 0 aromatic heterocycles. The van der Waals surface area contributed by atoms with Crippen molar-refractivity contribution in [1.29, 1.82) is 5.26 Å². The van der Waals surface area contributed by atoms with E-state index in [4.69, 9.17) is 5.26 Å². The topological polar surface area (TPSA) is 47.3 Å². The lowest BCUT2D eigenvalue weighted by Crippen LogP contribution is -2.53. The van der Waals surface area contributed by atoms with Crippen molar-refractivity contribution in [1.82, 2.24) is 9.80 Å². The Balaban J connectivity index is 2.01. The van der Waals surface area contributed by atoms with E-state index in [1.807, 2.05) is 35.2 Å². The van der Waals surface area contributed by atoms with Crippen LogP contribution in [-0.2, 0) is 0 Å².